The van der Waals surface area contributed by atoms with Crippen LogP contribution in [0, 0.1) is 11.8 Å². The Bertz CT molecular complexity index is 344. The lowest BCUT2D eigenvalue weighted by Gasteiger charge is -2.24. The van der Waals surface area contributed by atoms with Gasteiger partial charge in [-0.25, -0.2) is 4.79 Å². The van der Waals surface area contributed by atoms with Crippen LogP contribution in [0.5, 0.6) is 0 Å². The maximum Gasteiger partial charge on any atom is 0.326 e. The van der Waals surface area contributed by atoms with Gasteiger partial charge in [0, 0.05) is 0 Å². The molecule has 5 heteroatoms. The van der Waals surface area contributed by atoms with Gasteiger partial charge in [-0.15, -0.1) is 0 Å². The molecule has 0 radical (unpaired) electrons. The summed E-state index contributed by atoms with van der Waals surface area (Å²) in [5, 5.41) is 11.8. The molecule has 0 aliphatic carbocycles. The molecule has 0 aromatic rings. The average molecular weight is 255 g/mol. The van der Waals surface area contributed by atoms with E-state index in [4.69, 9.17) is 9.84 Å². The SMILES string of the molecule is CC[C@H](C)[C@H](NC(=O)C1CC2CCC1O2)C(=O)O. The van der Waals surface area contributed by atoms with Gasteiger partial charge in [-0.2, -0.15) is 0 Å². The van der Waals surface area contributed by atoms with E-state index in [1.165, 1.54) is 0 Å². The Labute approximate surface area is 107 Å². The zero-order valence-electron chi connectivity index (χ0n) is 10.9. The van der Waals surface area contributed by atoms with Crippen LogP contribution in [0.25, 0.3) is 0 Å². The monoisotopic (exact) mass is 255 g/mol. The van der Waals surface area contributed by atoms with Gasteiger partial charge in [-0.05, 0) is 25.2 Å². The van der Waals surface area contributed by atoms with Gasteiger partial charge in [0.1, 0.15) is 6.04 Å². The van der Waals surface area contributed by atoms with Gasteiger partial charge in [-0.1, -0.05) is 20.3 Å². The van der Waals surface area contributed by atoms with Crippen LogP contribution in [0.1, 0.15) is 39.5 Å². The molecular weight excluding hydrogens is 234 g/mol. The minimum atomic E-state index is -0.957. The average Bonchev–Trinajstić information content (AvgIpc) is 2.96. The number of carboxylic acids is 1. The number of nitrogens with one attached hydrogen (secondary N) is 1. The van der Waals surface area contributed by atoms with Crippen molar-refractivity contribution in [2.45, 2.75) is 57.8 Å². The summed E-state index contributed by atoms with van der Waals surface area (Å²) >= 11 is 0. The molecular formula is C13H21NO4. The third-order valence-electron chi connectivity index (χ3n) is 4.22. The van der Waals surface area contributed by atoms with E-state index in [1.807, 2.05) is 13.8 Å². The van der Waals surface area contributed by atoms with E-state index >= 15 is 0 Å². The summed E-state index contributed by atoms with van der Waals surface area (Å²) in [6.07, 6.45) is 3.62. The van der Waals surface area contributed by atoms with Crippen molar-refractivity contribution < 1.29 is 19.4 Å². The van der Waals surface area contributed by atoms with Crippen LogP contribution >= 0.6 is 0 Å². The summed E-state index contributed by atoms with van der Waals surface area (Å²) in [5.41, 5.74) is 0. The van der Waals surface area contributed by atoms with Gasteiger partial charge >= 0.3 is 5.97 Å². The second-order valence-corrected chi connectivity index (χ2v) is 5.43. The molecule has 5 nitrogen and oxygen atoms in total. The predicted molar refractivity (Wildman–Crippen MR) is 65.0 cm³/mol. The molecule has 2 aliphatic rings. The Morgan fingerprint density at radius 2 is 2.17 bits per heavy atom. The molecule has 2 fully saturated rings. The van der Waals surface area contributed by atoms with Crippen LogP contribution in [0.4, 0.5) is 0 Å². The quantitative estimate of drug-likeness (QED) is 0.773. The summed E-state index contributed by atoms with van der Waals surface area (Å²) in [6.45, 7) is 3.77. The third kappa shape index (κ3) is 2.51. The number of ether oxygens (including phenoxy) is 1. The zero-order chi connectivity index (χ0) is 13.3. The van der Waals surface area contributed by atoms with Gasteiger partial charge in [-0.3, -0.25) is 4.79 Å². The Kier molecular flexibility index (Phi) is 3.90. The van der Waals surface area contributed by atoms with Crippen LogP contribution in [-0.2, 0) is 14.3 Å². The molecule has 2 aliphatic heterocycles. The molecule has 2 bridgehead atoms. The summed E-state index contributed by atoms with van der Waals surface area (Å²) in [5.74, 6) is -1.34. The highest BCUT2D eigenvalue weighted by Gasteiger charge is 2.45. The Morgan fingerprint density at radius 3 is 2.61 bits per heavy atom. The Hall–Kier alpha value is -1.10. The normalized spacial score (nSPS) is 33.1. The number of aliphatic carboxylic acids is 1. The lowest BCUT2D eigenvalue weighted by atomic mass is 9.88. The van der Waals surface area contributed by atoms with Gasteiger partial charge in [0.2, 0.25) is 5.91 Å². The van der Waals surface area contributed by atoms with E-state index in [9.17, 15) is 9.59 Å². The molecule has 0 saturated carbocycles. The summed E-state index contributed by atoms with van der Waals surface area (Å²) in [7, 11) is 0. The molecule has 1 amide bonds. The number of hydrogen-bond acceptors (Lipinski definition) is 3. The van der Waals surface area contributed by atoms with Crippen molar-refractivity contribution in [3.05, 3.63) is 0 Å². The van der Waals surface area contributed by atoms with Crippen LogP contribution < -0.4 is 5.32 Å². The van der Waals surface area contributed by atoms with E-state index < -0.39 is 12.0 Å². The first-order valence-corrected chi connectivity index (χ1v) is 6.71. The Balaban J connectivity index is 1.95. The van der Waals surface area contributed by atoms with Gasteiger partial charge in [0.15, 0.2) is 0 Å². The summed E-state index contributed by atoms with van der Waals surface area (Å²) < 4.78 is 5.63. The van der Waals surface area contributed by atoms with E-state index in [1.54, 1.807) is 0 Å². The minimum Gasteiger partial charge on any atom is -0.480 e. The van der Waals surface area contributed by atoms with Gasteiger partial charge in [0.25, 0.3) is 0 Å². The van der Waals surface area contributed by atoms with Crippen molar-refractivity contribution in [3.63, 3.8) is 0 Å². The highest BCUT2D eigenvalue weighted by molar-refractivity contribution is 5.85. The molecule has 3 unspecified atom stereocenters. The van der Waals surface area contributed by atoms with Crippen molar-refractivity contribution in [2.75, 3.05) is 0 Å². The minimum absolute atomic E-state index is 0.00128. The van der Waals surface area contributed by atoms with Crippen molar-refractivity contribution >= 4 is 11.9 Å². The first kappa shape index (κ1) is 13.3. The number of fused-ring (bicyclic) bond motifs is 2. The molecule has 18 heavy (non-hydrogen) atoms. The highest BCUT2D eigenvalue weighted by Crippen LogP contribution is 2.38. The van der Waals surface area contributed by atoms with E-state index in [0.717, 1.165) is 25.7 Å². The molecule has 102 valence electrons. The number of rotatable bonds is 5. The standard InChI is InChI=1S/C13H21NO4/c1-3-7(2)11(13(16)17)14-12(15)9-6-8-4-5-10(9)18-8/h7-11H,3-6H2,1-2H3,(H,14,15)(H,16,17)/t7-,8?,9?,10?,11-/m0/s1. The number of carbonyl (C=O) groups is 2. The number of carboxylic acid groups (broad SMARTS) is 1. The fourth-order valence-corrected chi connectivity index (χ4v) is 2.86. The molecule has 2 saturated heterocycles. The first-order chi connectivity index (χ1) is 8.52. The fourth-order valence-electron chi connectivity index (χ4n) is 2.86. The molecule has 0 spiro atoms. The van der Waals surface area contributed by atoms with Crippen LogP contribution in [0.2, 0.25) is 0 Å². The van der Waals surface area contributed by atoms with Crippen molar-refractivity contribution in [1.29, 1.82) is 0 Å². The van der Waals surface area contributed by atoms with Crippen molar-refractivity contribution in [3.8, 4) is 0 Å². The third-order valence-corrected chi connectivity index (χ3v) is 4.22. The zero-order valence-corrected chi connectivity index (χ0v) is 10.9. The molecule has 2 heterocycles. The van der Waals surface area contributed by atoms with E-state index in [-0.39, 0.29) is 30.0 Å². The smallest absolute Gasteiger partial charge is 0.326 e. The van der Waals surface area contributed by atoms with Gasteiger partial charge < -0.3 is 15.2 Å². The van der Waals surface area contributed by atoms with Crippen LogP contribution in [0.3, 0.4) is 0 Å². The number of carbonyl (C=O) groups excluding carboxylic acids is 1. The molecule has 0 aromatic carbocycles. The summed E-state index contributed by atoms with van der Waals surface area (Å²) in [6, 6.07) is -0.790. The maximum atomic E-state index is 12.1. The second-order valence-electron chi connectivity index (χ2n) is 5.43. The van der Waals surface area contributed by atoms with E-state index in [2.05, 4.69) is 5.32 Å². The lowest BCUT2D eigenvalue weighted by molar-refractivity contribution is -0.144. The van der Waals surface area contributed by atoms with E-state index in [0.29, 0.717) is 0 Å². The molecule has 2 N–H and O–H groups in total. The summed E-state index contributed by atoms with van der Waals surface area (Å²) in [4.78, 5) is 23.3. The number of amides is 1. The Morgan fingerprint density at radius 1 is 1.44 bits per heavy atom. The van der Waals surface area contributed by atoms with Crippen LogP contribution in [-0.4, -0.2) is 35.2 Å². The van der Waals surface area contributed by atoms with Crippen LogP contribution in [0.15, 0.2) is 0 Å². The maximum absolute atomic E-state index is 12.1. The lowest BCUT2D eigenvalue weighted by Crippen LogP contribution is -2.48. The predicted octanol–water partition coefficient (Wildman–Crippen LogP) is 1.17. The largest absolute Gasteiger partial charge is 0.480 e. The molecule has 0 aromatic heterocycles. The molecule has 2 rings (SSSR count). The first-order valence-electron chi connectivity index (χ1n) is 6.71. The van der Waals surface area contributed by atoms with Crippen molar-refractivity contribution in [1.82, 2.24) is 5.32 Å². The second kappa shape index (κ2) is 5.26. The molecule has 5 atom stereocenters. The highest BCUT2D eigenvalue weighted by atomic mass is 16.5. The van der Waals surface area contributed by atoms with Gasteiger partial charge in [0.05, 0.1) is 18.1 Å². The fraction of sp³-hybridized carbons (Fsp3) is 0.846. The topological polar surface area (TPSA) is 75.6 Å². The number of hydrogen-bond donors (Lipinski definition) is 2. The van der Waals surface area contributed by atoms with Crippen molar-refractivity contribution in [2.24, 2.45) is 11.8 Å².